The number of hydrogen-bond donors (Lipinski definition) is 0. The van der Waals surface area contributed by atoms with E-state index in [1.165, 1.54) is 47.6 Å². The minimum atomic E-state index is -1.52. The van der Waals surface area contributed by atoms with Crippen molar-refractivity contribution < 1.29 is 1.37 Å². The third kappa shape index (κ3) is 3.42. The molecular weight excluding hydrogens is 294 g/mol. The van der Waals surface area contributed by atoms with E-state index in [4.69, 9.17) is 6.35 Å². The zero-order valence-electron chi connectivity index (χ0n) is 16.2. The van der Waals surface area contributed by atoms with Gasteiger partial charge in [0.25, 0.3) is 0 Å². The number of nitrogens with zero attached hydrogens (tertiary/aromatic N) is 1. The lowest BCUT2D eigenvalue weighted by Gasteiger charge is -2.23. The molecule has 1 aromatic carbocycles. The molecule has 23 heavy (non-hydrogen) atoms. The highest BCUT2D eigenvalue weighted by Crippen LogP contribution is 2.28. The quantitative estimate of drug-likeness (QED) is 0.699. The zero-order valence-corrected chi connectivity index (χ0v) is 16.2. The Morgan fingerprint density at radius 1 is 1.04 bits per heavy atom. The van der Waals surface area contributed by atoms with Crippen molar-refractivity contribution in [2.75, 3.05) is 0 Å². The SMILES string of the molecule is [2H]C(C)(C)c1cc(-c2ccc3c(c2)CCCC3)ncc1[Si](C)(C)C. The minimum Gasteiger partial charge on any atom is -0.256 e. The standard InChI is InChI=1S/C21H29NSi/c1-15(2)19-13-20(22-14-21(19)23(3,4)5)18-11-10-16-8-6-7-9-17(16)12-18/h10-15H,6-9H2,1-5H3/i15D. The fourth-order valence-corrected chi connectivity index (χ4v) is 5.10. The van der Waals surface area contributed by atoms with E-state index >= 15 is 0 Å². The second-order valence-corrected chi connectivity index (χ2v) is 13.1. The Labute approximate surface area is 143 Å². The van der Waals surface area contributed by atoms with Crippen LogP contribution in [0, 0.1) is 0 Å². The third-order valence-electron chi connectivity index (χ3n) is 4.89. The van der Waals surface area contributed by atoms with E-state index in [0.29, 0.717) is 0 Å². The van der Waals surface area contributed by atoms with Crippen LogP contribution in [0.1, 0.15) is 50.6 Å². The van der Waals surface area contributed by atoms with E-state index in [9.17, 15) is 0 Å². The van der Waals surface area contributed by atoms with Crippen molar-refractivity contribution in [1.82, 2.24) is 4.98 Å². The van der Waals surface area contributed by atoms with Gasteiger partial charge in [-0.05, 0) is 65.6 Å². The molecule has 0 aliphatic heterocycles. The van der Waals surface area contributed by atoms with Gasteiger partial charge >= 0.3 is 0 Å². The molecule has 0 atom stereocenters. The van der Waals surface area contributed by atoms with E-state index < -0.39 is 14.0 Å². The van der Waals surface area contributed by atoms with E-state index in [1.807, 2.05) is 20.0 Å². The van der Waals surface area contributed by atoms with Crippen molar-refractivity contribution in [3.63, 3.8) is 0 Å². The van der Waals surface area contributed by atoms with Gasteiger partial charge in [-0.1, -0.05) is 45.6 Å². The first kappa shape index (κ1) is 15.1. The normalized spacial score (nSPS) is 16.0. The summed E-state index contributed by atoms with van der Waals surface area (Å²) in [6, 6.07) is 8.99. The molecule has 3 rings (SSSR count). The topological polar surface area (TPSA) is 12.9 Å². The van der Waals surface area contributed by atoms with Crippen LogP contribution >= 0.6 is 0 Å². The molecular formula is C21H29NSi. The van der Waals surface area contributed by atoms with Crippen LogP contribution in [0.25, 0.3) is 11.3 Å². The average molecular weight is 325 g/mol. The van der Waals surface area contributed by atoms with Crippen molar-refractivity contribution in [3.05, 3.63) is 47.2 Å². The summed E-state index contributed by atoms with van der Waals surface area (Å²) in [7, 11) is -1.52. The van der Waals surface area contributed by atoms with Crippen LogP contribution in [0.2, 0.25) is 19.6 Å². The van der Waals surface area contributed by atoms with Crippen molar-refractivity contribution in [1.29, 1.82) is 0 Å². The van der Waals surface area contributed by atoms with Crippen molar-refractivity contribution in [3.8, 4) is 11.3 Å². The number of rotatable bonds is 3. The summed E-state index contributed by atoms with van der Waals surface area (Å²) in [5.74, 6) is -0.596. The molecule has 2 heteroatoms. The van der Waals surface area contributed by atoms with Gasteiger partial charge in [0, 0.05) is 13.1 Å². The predicted molar refractivity (Wildman–Crippen MR) is 103 cm³/mol. The van der Waals surface area contributed by atoms with Gasteiger partial charge in [0.2, 0.25) is 0 Å². The fraction of sp³-hybridized carbons (Fsp3) is 0.476. The van der Waals surface area contributed by atoms with E-state index in [0.717, 1.165) is 11.3 Å². The summed E-state index contributed by atoms with van der Waals surface area (Å²) < 4.78 is 8.60. The number of fused-ring (bicyclic) bond motifs is 1. The molecule has 0 saturated carbocycles. The van der Waals surface area contributed by atoms with Gasteiger partial charge in [0.1, 0.15) is 0 Å². The van der Waals surface area contributed by atoms with Crippen LogP contribution in [0.4, 0.5) is 0 Å². The second-order valence-electron chi connectivity index (χ2n) is 8.06. The highest BCUT2D eigenvalue weighted by molar-refractivity contribution is 6.89. The molecule has 2 aromatic rings. The average Bonchev–Trinajstić information content (AvgIpc) is 2.52. The van der Waals surface area contributed by atoms with Gasteiger partial charge in [-0.25, -0.2) is 0 Å². The number of aryl methyl sites for hydroxylation is 2. The van der Waals surface area contributed by atoms with Crippen LogP contribution < -0.4 is 5.19 Å². The molecule has 1 nitrogen and oxygen atoms in total. The Hall–Kier alpha value is -1.41. The lowest BCUT2D eigenvalue weighted by Crippen LogP contribution is -2.40. The monoisotopic (exact) mass is 324 g/mol. The number of hydrogen-bond acceptors (Lipinski definition) is 1. The molecule has 0 bridgehead atoms. The lowest BCUT2D eigenvalue weighted by atomic mass is 9.89. The molecule has 1 heterocycles. The summed E-state index contributed by atoms with van der Waals surface area (Å²) in [6.07, 6.45) is 7.05. The first-order chi connectivity index (χ1) is 11.2. The third-order valence-corrected chi connectivity index (χ3v) is 6.91. The minimum absolute atomic E-state index is 0.596. The summed E-state index contributed by atoms with van der Waals surface area (Å²) in [5.41, 5.74) is 6.35. The van der Waals surface area contributed by atoms with Gasteiger partial charge in [-0.3, -0.25) is 4.98 Å². The maximum Gasteiger partial charge on any atom is 0.0799 e. The zero-order chi connectivity index (χ0) is 17.5. The van der Waals surface area contributed by atoms with Crippen LogP contribution in [0.15, 0.2) is 30.5 Å². The van der Waals surface area contributed by atoms with Crippen LogP contribution in [-0.4, -0.2) is 13.1 Å². The van der Waals surface area contributed by atoms with E-state index in [1.54, 1.807) is 0 Å². The molecule has 122 valence electrons. The first-order valence-electron chi connectivity index (χ1n) is 9.29. The van der Waals surface area contributed by atoms with Crippen molar-refractivity contribution in [2.45, 2.75) is 65.1 Å². The van der Waals surface area contributed by atoms with E-state index in [-0.39, 0.29) is 0 Å². The van der Waals surface area contributed by atoms with E-state index in [2.05, 4.69) is 43.9 Å². The highest BCUT2D eigenvalue weighted by atomic mass is 28.3. The van der Waals surface area contributed by atoms with Gasteiger partial charge in [0.15, 0.2) is 0 Å². The second kappa shape index (κ2) is 6.24. The fourth-order valence-electron chi connectivity index (χ4n) is 3.52. The molecule has 0 unspecified atom stereocenters. The summed E-state index contributed by atoms with van der Waals surface area (Å²) >= 11 is 0. The Morgan fingerprint density at radius 2 is 1.74 bits per heavy atom. The molecule has 0 spiro atoms. The smallest absolute Gasteiger partial charge is 0.0799 e. The Balaban J connectivity index is 2.09. The molecule has 1 aromatic heterocycles. The van der Waals surface area contributed by atoms with Gasteiger partial charge in [-0.2, -0.15) is 0 Å². The number of benzene rings is 1. The Kier molecular flexibility index (Phi) is 4.10. The molecule has 0 saturated heterocycles. The maximum absolute atomic E-state index is 8.60. The molecule has 1 aliphatic rings. The van der Waals surface area contributed by atoms with Crippen molar-refractivity contribution in [2.24, 2.45) is 0 Å². The first-order valence-corrected chi connectivity index (χ1v) is 12.3. The molecule has 0 amide bonds. The Morgan fingerprint density at radius 3 is 2.39 bits per heavy atom. The van der Waals surface area contributed by atoms with Gasteiger partial charge < -0.3 is 0 Å². The Bertz CT molecular complexity index is 753. The van der Waals surface area contributed by atoms with Gasteiger partial charge in [-0.15, -0.1) is 0 Å². The van der Waals surface area contributed by atoms with Crippen LogP contribution in [0.5, 0.6) is 0 Å². The van der Waals surface area contributed by atoms with Crippen LogP contribution in [0.3, 0.4) is 0 Å². The van der Waals surface area contributed by atoms with Crippen LogP contribution in [-0.2, 0) is 12.8 Å². The largest absolute Gasteiger partial charge is 0.256 e. The predicted octanol–water partition coefficient (Wildman–Crippen LogP) is 5.30. The lowest BCUT2D eigenvalue weighted by molar-refractivity contribution is 0.686. The molecule has 0 N–H and O–H groups in total. The van der Waals surface area contributed by atoms with Gasteiger partial charge in [0.05, 0.1) is 13.8 Å². The summed E-state index contributed by atoms with van der Waals surface area (Å²) in [6.45, 7) is 11.0. The number of aromatic nitrogens is 1. The summed E-state index contributed by atoms with van der Waals surface area (Å²) in [5, 5.41) is 1.31. The summed E-state index contributed by atoms with van der Waals surface area (Å²) in [4.78, 5) is 4.79. The van der Waals surface area contributed by atoms with Crippen molar-refractivity contribution >= 4 is 13.3 Å². The molecule has 1 aliphatic carbocycles. The molecule has 0 radical (unpaired) electrons. The number of pyridine rings is 1. The maximum atomic E-state index is 8.60. The molecule has 0 fully saturated rings. The highest BCUT2D eigenvalue weighted by Gasteiger charge is 2.22.